The number of aromatic nitrogens is 4. The molecule has 0 aliphatic carbocycles. The Bertz CT molecular complexity index is 656. The first kappa shape index (κ1) is 16.3. The molecule has 22 heavy (non-hydrogen) atoms. The molecule has 1 amide bonds. The van der Waals surface area contributed by atoms with Crippen molar-refractivity contribution in [3.63, 3.8) is 0 Å². The van der Waals surface area contributed by atoms with Gasteiger partial charge in [-0.2, -0.15) is 10.2 Å². The predicted molar refractivity (Wildman–Crippen MR) is 85.5 cm³/mol. The first-order chi connectivity index (χ1) is 10.5. The van der Waals surface area contributed by atoms with Crippen LogP contribution in [0.2, 0.25) is 0 Å². The zero-order valence-corrected chi connectivity index (χ0v) is 14.1. The largest absolute Gasteiger partial charge is 0.348 e. The van der Waals surface area contributed by atoms with Crippen LogP contribution in [-0.4, -0.2) is 25.5 Å². The lowest BCUT2D eigenvalue weighted by atomic mass is 10.1. The average molecular weight is 303 g/mol. The van der Waals surface area contributed by atoms with Crippen molar-refractivity contribution < 1.29 is 4.79 Å². The zero-order chi connectivity index (χ0) is 16.3. The molecule has 2 heterocycles. The number of nitrogens with zero attached hydrogens (tertiary/aromatic N) is 4. The molecule has 2 aromatic heterocycles. The van der Waals surface area contributed by atoms with Crippen LogP contribution in [0.3, 0.4) is 0 Å². The van der Waals surface area contributed by atoms with E-state index in [1.54, 1.807) is 15.6 Å². The summed E-state index contributed by atoms with van der Waals surface area (Å²) in [6.07, 6.45) is 5.50. The van der Waals surface area contributed by atoms with E-state index in [-0.39, 0.29) is 18.5 Å². The molecule has 0 aromatic carbocycles. The predicted octanol–water partition coefficient (Wildman–Crippen LogP) is 2.06. The summed E-state index contributed by atoms with van der Waals surface area (Å²) < 4.78 is 3.54. The Hall–Kier alpha value is -2.11. The van der Waals surface area contributed by atoms with E-state index in [0.29, 0.717) is 0 Å². The van der Waals surface area contributed by atoms with Crippen LogP contribution >= 0.6 is 0 Å². The highest BCUT2D eigenvalue weighted by molar-refractivity contribution is 5.76. The molecule has 2 aromatic rings. The summed E-state index contributed by atoms with van der Waals surface area (Å²) in [6, 6.07) is -0.0104. The number of hydrogen-bond donors (Lipinski definition) is 1. The molecule has 2 rings (SSSR count). The standard InChI is InChI=1S/C16H25N5O/c1-6-14-11(3)19-21(12(14)4)10-16(22)18-15(7-2)13-8-17-20(5)9-13/h8-9,15H,6-7,10H2,1-5H3,(H,18,22). The van der Waals surface area contributed by atoms with Crippen molar-refractivity contribution in [3.05, 3.63) is 34.9 Å². The number of amides is 1. The molecule has 0 bridgehead atoms. The maximum absolute atomic E-state index is 12.3. The molecular weight excluding hydrogens is 278 g/mol. The van der Waals surface area contributed by atoms with E-state index in [1.165, 1.54) is 5.56 Å². The van der Waals surface area contributed by atoms with Crippen molar-refractivity contribution in [2.75, 3.05) is 0 Å². The van der Waals surface area contributed by atoms with Crippen LogP contribution < -0.4 is 5.32 Å². The number of nitrogens with one attached hydrogen (secondary N) is 1. The van der Waals surface area contributed by atoms with Gasteiger partial charge in [0.05, 0.1) is 17.9 Å². The van der Waals surface area contributed by atoms with Crippen molar-refractivity contribution >= 4 is 5.91 Å². The molecule has 0 aliphatic heterocycles. The van der Waals surface area contributed by atoms with Crippen LogP contribution in [0.1, 0.15) is 48.8 Å². The van der Waals surface area contributed by atoms with Crippen LogP contribution in [0.15, 0.2) is 12.4 Å². The van der Waals surface area contributed by atoms with E-state index < -0.39 is 0 Å². The fourth-order valence-electron chi connectivity index (χ4n) is 2.82. The monoisotopic (exact) mass is 303 g/mol. The van der Waals surface area contributed by atoms with Crippen molar-refractivity contribution in [1.29, 1.82) is 0 Å². The summed E-state index contributed by atoms with van der Waals surface area (Å²) in [5.74, 6) is -0.0241. The summed E-state index contributed by atoms with van der Waals surface area (Å²) in [7, 11) is 1.88. The van der Waals surface area contributed by atoms with Gasteiger partial charge in [-0.15, -0.1) is 0 Å². The molecule has 1 atom stereocenters. The summed E-state index contributed by atoms with van der Waals surface area (Å²) >= 11 is 0. The third kappa shape index (κ3) is 3.37. The molecule has 120 valence electrons. The Balaban J connectivity index is 2.06. The highest BCUT2D eigenvalue weighted by Gasteiger charge is 2.17. The minimum absolute atomic E-state index is 0.0104. The molecule has 0 spiro atoms. The van der Waals surface area contributed by atoms with Crippen molar-refractivity contribution in [2.24, 2.45) is 7.05 Å². The fourth-order valence-corrected chi connectivity index (χ4v) is 2.82. The average Bonchev–Trinajstić information content (AvgIpc) is 3.01. The fraction of sp³-hybridized carbons (Fsp3) is 0.562. The Morgan fingerprint density at radius 1 is 1.36 bits per heavy atom. The third-order valence-corrected chi connectivity index (χ3v) is 4.05. The summed E-state index contributed by atoms with van der Waals surface area (Å²) in [5, 5.41) is 11.7. The van der Waals surface area contributed by atoms with Crippen LogP contribution in [0.25, 0.3) is 0 Å². The van der Waals surface area contributed by atoms with Gasteiger partial charge in [0.1, 0.15) is 6.54 Å². The van der Waals surface area contributed by atoms with Crippen LogP contribution in [0.5, 0.6) is 0 Å². The van der Waals surface area contributed by atoms with Crippen LogP contribution in [-0.2, 0) is 24.8 Å². The van der Waals surface area contributed by atoms with E-state index in [4.69, 9.17) is 0 Å². The Morgan fingerprint density at radius 3 is 2.59 bits per heavy atom. The Morgan fingerprint density at radius 2 is 2.09 bits per heavy atom. The molecule has 1 N–H and O–H groups in total. The van der Waals surface area contributed by atoms with Gasteiger partial charge in [0, 0.05) is 24.5 Å². The van der Waals surface area contributed by atoms with Gasteiger partial charge >= 0.3 is 0 Å². The van der Waals surface area contributed by atoms with Crippen molar-refractivity contribution in [2.45, 2.75) is 53.1 Å². The lowest BCUT2D eigenvalue weighted by molar-refractivity contribution is -0.122. The second-order valence-electron chi connectivity index (χ2n) is 5.64. The Kier molecular flexibility index (Phi) is 5.00. The summed E-state index contributed by atoms with van der Waals surface area (Å²) in [4.78, 5) is 12.3. The molecular formula is C16H25N5O. The molecule has 1 unspecified atom stereocenters. The van der Waals surface area contributed by atoms with Crippen LogP contribution in [0, 0.1) is 13.8 Å². The summed E-state index contributed by atoms with van der Waals surface area (Å²) in [6.45, 7) is 8.42. The number of carbonyl (C=O) groups excluding carboxylic acids is 1. The van der Waals surface area contributed by atoms with Crippen molar-refractivity contribution in [1.82, 2.24) is 24.9 Å². The SMILES string of the molecule is CCc1c(C)nn(CC(=O)NC(CC)c2cnn(C)c2)c1C. The normalized spacial score (nSPS) is 12.4. The maximum atomic E-state index is 12.3. The number of carbonyl (C=O) groups is 1. The highest BCUT2D eigenvalue weighted by atomic mass is 16.2. The summed E-state index contributed by atoms with van der Waals surface area (Å²) in [5.41, 5.74) is 4.34. The molecule has 0 radical (unpaired) electrons. The van der Waals surface area contributed by atoms with Crippen LogP contribution in [0.4, 0.5) is 0 Å². The zero-order valence-electron chi connectivity index (χ0n) is 14.1. The van der Waals surface area contributed by atoms with Crippen molar-refractivity contribution in [3.8, 4) is 0 Å². The number of rotatable bonds is 6. The van der Waals surface area contributed by atoms with Gasteiger partial charge in [-0.1, -0.05) is 13.8 Å². The topological polar surface area (TPSA) is 64.7 Å². The van der Waals surface area contributed by atoms with Gasteiger partial charge in [0.2, 0.25) is 5.91 Å². The van der Waals surface area contributed by atoms with Gasteiger partial charge < -0.3 is 5.32 Å². The highest BCUT2D eigenvalue weighted by Crippen LogP contribution is 2.16. The third-order valence-electron chi connectivity index (χ3n) is 4.05. The van der Waals surface area contributed by atoms with E-state index in [1.807, 2.05) is 27.1 Å². The van der Waals surface area contributed by atoms with Gasteiger partial charge in [-0.25, -0.2) is 0 Å². The number of hydrogen-bond acceptors (Lipinski definition) is 3. The van der Waals surface area contributed by atoms with Gasteiger partial charge in [0.25, 0.3) is 0 Å². The second-order valence-corrected chi connectivity index (χ2v) is 5.64. The van der Waals surface area contributed by atoms with Gasteiger partial charge in [-0.05, 0) is 32.3 Å². The van der Waals surface area contributed by atoms with E-state index in [0.717, 1.165) is 29.8 Å². The minimum Gasteiger partial charge on any atom is -0.348 e. The minimum atomic E-state index is -0.0241. The number of aryl methyl sites for hydroxylation is 2. The lowest BCUT2D eigenvalue weighted by Crippen LogP contribution is -2.31. The maximum Gasteiger partial charge on any atom is 0.242 e. The van der Waals surface area contributed by atoms with E-state index in [9.17, 15) is 4.79 Å². The second kappa shape index (κ2) is 6.77. The molecule has 0 saturated heterocycles. The van der Waals surface area contributed by atoms with E-state index in [2.05, 4.69) is 29.4 Å². The van der Waals surface area contributed by atoms with Gasteiger partial charge in [-0.3, -0.25) is 14.2 Å². The van der Waals surface area contributed by atoms with Gasteiger partial charge in [0.15, 0.2) is 0 Å². The first-order valence-corrected chi connectivity index (χ1v) is 7.77. The Labute approximate surface area is 131 Å². The first-order valence-electron chi connectivity index (χ1n) is 7.77. The molecule has 6 heteroatoms. The molecule has 6 nitrogen and oxygen atoms in total. The lowest BCUT2D eigenvalue weighted by Gasteiger charge is -2.15. The molecule has 0 saturated carbocycles. The van der Waals surface area contributed by atoms with E-state index >= 15 is 0 Å². The molecule has 0 aliphatic rings. The quantitative estimate of drug-likeness (QED) is 0.888. The smallest absolute Gasteiger partial charge is 0.242 e. The molecule has 0 fully saturated rings.